The molecule has 25 heavy (non-hydrogen) atoms. The molecule has 5 nitrogen and oxygen atoms in total. The van der Waals surface area contributed by atoms with Gasteiger partial charge in [0.2, 0.25) is 0 Å². The molecule has 1 N–H and O–H groups in total. The SMILES string of the molecule is COC1=CCC2C3Cc4ccc(OC)c(O)c4C2(CCN3C)C1OC. The molecule has 3 aliphatic rings. The standard InChI is InChI=1S/C20H27NO4/c1-21-10-9-20-13(6-8-16(24-3)19(20)25-4)14(21)11-12-5-7-15(23-2)18(22)17(12)20/h5,7-8,13-14,19,22H,6,9-11H2,1-4H3. The van der Waals surface area contributed by atoms with Gasteiger partial charge in [0.1, 0.15) is 11.9 Å². The minimum Gasteiger partial charge on any atom is -0.504 e. The summed E-state index contributed by atoms with van der Waals surface area (Å²) in [6.45, 7) is 0.980. The molecule has 1 saturated heterocycles. The van der Waals surface area contributed by atoms with Crippen LogP contribution in [0.4, 0.5) is 0 Å². The van der Waals surface area contributed by atoms with E-state index < -0.39 is 0 Å². The number of likely N-dealkylation sites (N-methyl/N-ethyl adjacent to an activating group) is 1. The number of phenolic OH excluding ortho intramolecular Hbond substituents is 1. The first kappa shape index (κ1) is 16.7. The molecule has 4 unspecified atom stereocenters. The van der Waals surface area contributed by atoms with Crippen LogP contribution < -0.4 is 4.74 Å². The van der Waals surface area contributed by atoms with E-state index >= 15 is 0 Å². The van der Waals surface area contributed by atoms with Gasteiger partial charge >= 0.3 is 0 Å². The number of hydrogen-bond acceptors (Lipinski definition) is 5. The van der Waals surface area contributed by atoms with Crippen LogP contribution in [-0.4, -0.2) is 57.1 Å². The second-order valence-corrected chi connectivity index (χ2v) is 7.46. The zero-order valence-corrected chi connectivity index (χ0v) is 15.4. The molecule has 4 rings (SSSR count). The van der Waals surface area contributed by atoms with Gasteiger partial charge in [-0.25, -0.2) is 0 Å². The van der Waals surface area contributed by atoms with Gasteiger partial charge in [0.05, 0.1) is 14.2 Å². The fourth-order valence-corrected chi connectivity index (χ4v) is 5.61. The van der Waals surface area contributed by atoms with Crippen molar-refractivity contribution >= 4 is 0 Å². The molecule has 0 saturated carbocycles. The smallest absolute Gasteiger partial charge is 0.161 e. The van der Waals surface area contributed by atoms with Crippen molar-refractivity contribution in [2.75, 3.05) is 34.9 Å². The van der Waals surface area contributed by atoms with Crippen molar-refractivity contribution in [1.82, 2.24) is 4.90 Å². The fraction of sp³-hybridized carbons (Fsp3) is 0.600. The Morgan fingerprint density at radius 3 is 2.68 bits per heavy atom. The maximum Gasteiger partial charge on any atom is 0.161 e. The number of piperidine rings is 1. The normalized spacial score (nSPS) is 33.9. The highest BCUT2D eigenvalue weighted by Gasteiger charge is 2.60. The Morgan fingerprint density at radius 2 is 2.00 bits per heavy atom. The molecule has 5 heteroatoms. The molecule has 1 aromatic rings. The van der Waals surface area contributed by atoms with Gasteiger partial charge < -0.3 is 24.2 Å². The quantitative estimate of drug-likeness (QED) is 0.912. The molecule has 1 aromatic carbocycles. The molecule has 1 aliphatic heterocycles. The van der Waals surface area contributed by atoms with E-state index in [1.807, 2.05) is 6.07 Å². The largest absolute Gasteiger partial charge is 0.504 e. The van der Waals surface area contributed by atoms with Crippen molar-refractivity contribution < 1.29 is 19.3 Å². The monoisotopic (exact) mass is 345 g/mol. The van der Waals surface area contributed by atoms with E-state index in [4.69, 9.17) is 14.2 Å². The van der Waals surface area contributed by atoms with Gasteiger partial charge in [0.15, 0.2) is 11.5 Å². The maximum absolute atomic E-state index is 11.1. The van der Waals surface area contributed by atoms with Crippen molar-refractivity contribution in [2.24, 2.45) is 5.92 Å². The number of phenols is 1. The summed E-state index contributed by atoms with van der Waals surface area (Å²) in [5, 5.41) is 11.1. The Kier molecular flexibility index (Phi) is 3.96. The van der Waals surface area contributed by atoms with Crippen molar-refractivity contribution in [1.29, 1.82) is 0 Å². The average Bonchev–Trinajstić information content (AvgIpc) is 2.63. The average molecular weight is 345 g/mol. The number of fused-ring (bicyclic) bond motifs is 1. The van der Waals surface area contributed by atoms with Crippen LogP contribution in [0, 0.1) is 5.92 Å². The zero-order valence-electron chi connectivity index (χ0n) is 15.4. The molecule has 0 spiro atoms. The van der Waals surface area contributed by atoms with Crippen LogP contribution in [0.5, 0.6) is 11.5 Å². The molecule has 4 atom stereocenters. The van der Waals surface area contributed by atoms with Crippen molar-refractivity contribution in [3.63, 3.8) is 0 Å². The first-order valence-electron chi connectivity index (χ1n) is 8.94. The fourth-order valence-electron chi connectivity index (χ4n) is 5.61. The Bertz CT molecular complexity index is 716. The van der Waals surface area contributed by atoms with E-state index in [0.29, 0.717) is 17.7 Å². The number of hydrogen-bond donors (Lipinski definition) is 1. The van der Waals surface area contributed by atoms with Crippen LogP contribution in [-0.2, 0) is 21.3 Å². The van der Waals surface area contributed by atoms with Crippen LogP contribution in [0.15, 0.2) is 24.0 Å². The molecule has 1 fully saturated rings. The van der Waals surface area contributed by atoms with Crippen LogP contribution in [0.1, 0.15) is 24.0 Å². The Balaban J connectivity index is 2.00. The van der Waals surface area contributed by atoms with E-state index in [2.05, 4.69) is 24.1 Å². The summed E-state index contributed by atoms with van der Waals surface area (Å²) in [7, 11) is 7.26. The number of likely N-dealkylation sites (tertiary alicyclic amines) is 1. The Morgan fingerprint density at radius 1 is 1.20 bits per heavy atom. The molecule has 0 aromatic heterocycles. The number of nitrogens with zero attached hydrogens (tertiary/aromatic N) is 1. The Hall–Kier alpha value is -1.72. The number of ether oxygens (including phenoxy) is 3. The van der Waals surface area contributed by atoms with E-state index in [0.717, 1.165) is 37.1 Å². The Labute approximate surface area is 149 Å². The second kappa shape index (κ2) is 5.92. The highest BCUT2D eigenvalue weighted by atomic mass is 16.5. The molecular weight excluding hydrogens is 318 g/mol. The van der Waals surface area contributed by atoms with E-state index in [9.17, 15) is 5.11 Å². The van der Waals surface area contributed by atoms with E-state index in [1.165, 1.54) is 5.56 Å². The highest BCUT2D eigenvalue weighted by molar-refractivity contribution is 5.58. The van der Waals surface area contributed by atoms with Gasteiger partial charge in [-0.1, -0.05) is 6.07 Å². The summed E-state index contributed by atoms with van der Waals surface area (Å²) in [6.07, 6.45) is 4.80. The summed E-state index contributed by atoms with van der Waals surface area (Å²) in [5.74, 6) is 2.07. The first-order valence-corrected chi connectivity index (χ1v) is 8.94. The minimum absolute atomic E-state index is 0.190. The van der Waals surface area contributed by atoms with E-state index in [1.54, 1.807) is 21.3 Å². The molecule has 1 heterocycles. The lowest BCUT2D eigenvalue weighted by Crippen LogP contribution is -2.64. The van der Waals surface area contributed by atoms with Gasteiger partial charge in [-0.3, -0.25) is 0 Å². The predicted molar refractivity (Wildman–Crippen MR) is 95.1 cm³/mol. The predicted octanol–water partition coefficient (Wildman–Crippen LogP) is 2.46. The van der Waals surface area contributed by atoms with Crippen molar-refractivity contribution in [2.45, 2.75) is 36.8 Å². The van der Waals surface area contributed by atoms with Gasteiger partial charge in [-0.05, 0) is 56.5 Å². The molecule has 0 radical (unpaired) electrons. The summed E-state index contributed by atoms with van der Waals surface area (Å²) >= 11 is 0. The number of allylic oxidation sites excluding steroid dienone is 1. The number of benzene rings is 1. The second-order valence-electron chi connectivity index (χ2n) is 7.46. The summed E-state index contributed by atoms with van der Waals surface area (Å²) in [5.41, 5.74) is 1.93. The van der Waals surface area contributed by atoms with Crippen LogP contribution in [0.2, 0.25) is 0 Å². The lowest BCUT2D eigenvalue weighted by atomic mass is 9.52. The van der Waals surface area contributed by atoms with Crippen LogP contribution in [0.25, 0.3) is 0 Å². The van der Waals surface area contributed by atoms with Crippen LogP contribution >= 0.6 is 0 Å². The third-order valence-electron chi connectivity index (χ3n) is 6.68. The van der Waals surface area contributed by atoms with Crippen LogP contribution in [0.3, 0.4) is 0 Å². The molecule has 136 valence electrons. The lowest BCUT2D eigenvalue weighted by molar-refractivity contribution is -0.0755. The number of aromatic hydroxyl groups is 1. The third kappa shape index (κ3) is 2.09. The highest BCUT2D eigenvalue weighted by Crippen LogP contribution is 2.59. The van der Waals surface area contributed by atoms with Gasteiger partial charge in [-0.2, -0.15) is 0 Å². The topological polar surface area (TPSA) is 51.2 Å². The maximum atomic E-state index is 11.1. The van der Waals surface area contributed by atoms with E-state index in [-0.39, 0.29) is 17.3 Å². The summed E-state index contributed by atoms with van der Waals surface area (Å²) in [6, 6.07) is 4.43. The number of methoxy groups -OCH3 is 3. The molecular formula is C20H27NO4. The van der Waals surface area contributed by atoms with Gasteiger partial charge in [-0.15, -0.1) is 0 Å². The molecule has 2 bridgehead atoms. The molecule has 2 aliphatic carbocycles. The third-order valence-corrected chi connectivity index (χ3v) is 6.68. The van der Waals surface area contributed by atoms with Gasteiger partial charge in [0, 0.05) is 24.1 Å². The number of rotatable bonds is 3. The molecule has 0 amide bonds. The van der Waals surface area contributed by atoms with Crippen molar-refractivity contribution in [3.05, 3.63) is 35.1 Å². The summed E-state index contributed by atoms with van der Waals surface area (Å²) < 4.78 is 17.1. The van der Waals surface area contributed by atoms with Crippen molar-refractivity contribution in [3.8, 4) is 11.5 Å². The zero-order chi connectivity index (χ0) is 17.8. The minimum atomic E-state index is -0.280. The lowest BCUT2D eigenvalue weighted by Gasteiger charge is -2.59. The van der Waals surface area contributed by atoms with Gasteiger partial charge in [0.25, 0.3) is 0 Å². The summed E-state index contributed by atoms with van der Waals surface area (Å²) in [4.78, 5) is 2.46. The first-order chi connectivity index (χ1) is 12.1.